The van der Waals surface area contributed by atoms with Crippen LogP contribution in [0, 0.1) is 6.92 Å². The lowest BCUT2D eigenvalue weighted by atomic mass is 10.1. The average molecular weight is 432 g/mol. The van der Waals surface area contributed by atoms with Gasteiger partial charge in [-0.15, -0.1) is 0 Å². The summed E-state index contributed by atoms with van der Waals surface area (Å²) in [6.07, 6.45) is 1.93. The SMILES string of the molecule is Cc1cccc2nc(-c3cccc(NS(=O)(=O)c4ccc(Cl)c(Cl)c4)c3)cn12. The normalized spacial score (nSPS) is 11.7. The zero-order valence-corrected chi connectivity index (χ0v) is 17.1. The highest BCUT2D eigenvalue weighted by molar-refractivity contribution is 7.92. The molecule has 0 unspecified atom stereocenters. The molecule has 8 heteroatoms. The largest absolute Gasteiger partial charge is 0.304 e. The zero-order chi connectivity index (χ0) is 19.9. The van der Waals surface area contributed by atoms with Crippen LogP contribution in [0.15, 0.2) is 71.8 Å². The minimum Gasteiger partial charge on any atom is -0.304 e. The van der Waals surface area contributed by atoms with Gasteiger partial charge in [-0.05, 0) is 49.4 Å². The predicted octanol–water partition coefficient (Wildman–Crippen LogP) is 5.42. The van der Waals surface area contributed by atoms with Crippen molar-refractivity contribution in [2.45, 2.75) is 11.8 Å². The average Bonchev–Trinajstić information content (AvgIpc) is 3.09. The highest BCUT2D eigenvalue weighted by Crippen LogP contribution is 2.27. The molecular weight excluding hydrogens is 417 g/mol. The highest BCUT2D eigenvalue weighted by Gasteiger charge is 2.16. The van der Waals surface area contributed by atoms with Crippen molar-refractivity contribution in [3.05, 3.63) is 82.6 Å². The van der Waals surface area contributed by atoms with Crippen molar-refractivity contribution >= 4 is 44.6 Å². The Hall–Kier alpha value is -2.54. The summed E-state index contributed by atoms with van der Waals surface area (Å²) >= 11 is 11.8. The molecule has 0 aliphatic rings. The lowest BCUT2D eigenvalue weighted by Gasteiger charge is -2.10. The van der Waals surface area contributed by atoms with Crippen LogP contribution in [0.4, 0.5) is 5.69 Å². The second-order valence-corrected chi connectivity index (χ2v) is 8.78. The van der Waals surface area contributed by atoms with Gasteiger partial charge in [0, 0.05) is 23.1 Å². The summed E-state index contributed by atoms with van der Waals surface area (Å²) in [6, 6.07) is 17.1. The fourth-order valence-electron chi connectivity index (χ4n) is 2.89. The van der Waals surface area contributed by atoms with E-state index in [2.05, 4.69) is 9.71 Å². The van der Waals surface area contributed by atoms with Gasteiger partial charge in [0.2, 0.25) is 0 Å². The fraction of sp³-hybridized carbons (Fsp3) is 0.0500. The van der Waals surface area contributed by atoms with E-state index in [9.17, 15) is 8.42 Å². The summed E-state index contributed by atoms with van der Waals surface area (Å²) in [6.45, 7) is 2.00. The summed E-state index contributed by atoms with van der Waals surface area (Å²) in [5.74, 6) is 0. The minimum atomic E-state index is -3.80. The van der Waals surface area contributed by atoms with Gasteiger partial charge >= 0.3 is 0 Å². The van der Waals surface area contributed by atoms with Gasteiger partial charge in [0.1, 0.15) is 5.65 Å². The van der Waals surface area contributed by atoms with E-state index in [-0.39, 0.29) is 9.92 Å². The number of pyridine rings is 1. The van der Waals surface area contributed by atoms with Gasteiger partial charge in [-0.2, -0.15) is 0 Å². The number of fused-ring (bicyclic) bond motifs is 1. The van der Waals surface area contributed by atoms with Gasteiger partial charge in [0.05, 0.1) is 20.6 Å². The number of imidazole rings is 1. The zero-order valence-electron chi connectivity index (χ0n) is 14.7. The Labute approximate surface area is 172 Å². The van der Waals surface area contributed by atoms with Crippen molar-refractivity contribution in [1.29, 1.82) is 0 Å². The molecule has 1 N–H and O–H groups in total. The van der Waals surface area contributed by atoms with E-state index in [0.29, 0.717) is 10.7 Å². The second kappa shape index (κ2) is 7.13. The monoisotopic (exact) mass is 431 g/mol. The lowest BCUT2D eigenvalue weighted by molar-refractivity contribution is 0.601. The quantitative estimate of drug-likeness (QED) is 0.469. The van der Waals surface area contributed by atoms with Crippen LogP contribution in [0.1, 0.15) is 5.69 Å². The first kappa shape index (κ1) is 18.8. The van der Waals surface area contributed by atoms with Crippen LogP contribution in [-0.2, 0) is 10.0 Å². The second-order valence-electron chi connectivity index (χ2n) is 6.28. The molecule has 0 aliphatic heterocycles. The summed E-state index contributed by atoms with van der Waals surface area (Å²) < 4.78 is 29.9. The predicted molar refractivity (Wildman–Crippen MR) is 113 cm³/mol. The number of benzene rings is 2. The first-order valence-electron chi connectivity index (χ1n) is 8.36. The number of aryl methyl sites for hydroxylation is 1. The molecule has 142 valence electrons. The van der Waals surface area contributed by atoms with Crippen LogP contribution in [0.3, 0.4) is 0 Å². The van der Waals surface area contributed by atoms with E-state index in [0.717, 1.165) is 22.6 Å². The van der Waals surface area contributed by atoms with E-state index < -0.39 is 10.0 Å². The number of hydrogen-bond acceptors (Lipinski definition) is 3. The number of anilines is 1. The van der Waals surface area contributed by atoms with E-state index in [1.165, 1.54) is 18.2 Å². The third-order valence-electron chi connectivity index (χ3n) is 4.31. The highest BCUT2D eigenvalue weighted by atomic mass is 35.5. The van der Waals surface area contributed by atoms with Gasteiger partial charge in [-0.25, -0.2) is 13.4 Å². The number of hydrogen-bond donors (Lipinski definition) is 1. The smallest absolute Gasteiger partial charge is 0.261 e. The van der Waals surface area contributed by atoms with Crippen LogP contribution in [0.2, 0.25) is 10.0 Å². The molecule has 2 aromatic heterocycles. The van der Waals surface area contributed by atoms with E-state index in [1.807, 2.05) is 41.8 Å². The molecule has 4 aromatic rings. The van der Waals surface area contributed by atoms with Crippen LogP contribution < -0.4 is 4.72 Å². The van der Waals surface area contributed by atoms with Crippen molar-refractivity contribution < 1.29 is 8.42 Å². The van der Waals surface area contributed by atoms with Gasteiger partial charge in [0.25, 0.3) is 10.0 Å². The number of aromatic nitrogens is 2. The molecule has 28 heavy (non-hydrogen) atoms. The van der Waals surface area contributed by atoms with Crippen LogP contribution >= 0.6 is 23.2 Å². The molecule has 0 saturated heterocycles. The Bertz CT molecular complexity index is 1300. The molecule has 5 nitrogen and oxygen atoms in total. The molecular formula is C20H15Cl2N3O2S. The van der Waals surface area contributed by atoms with Crippen LogP contribution in [0.5, 0.6) is 0 Å². The summed E-state index contributed by atoms with van der Waals surface area (Å²) in [5.41, 5.74) is 3.88. The van der Waals surface area contributed by atoms with Crippen molar-refractivity contribution in [2.24, 2.45) is 0 Å². The molecule has 4 rings (SSSR count). The molecule has 0 radical (unpaired) electrons. The summed E-state index contributed by atoms with van der Waals surface area (Å²) in [5, 5.41) is 0.475. The maximum atomic E-state index is 12.7. The van der Waals surface area contributed by atoms with Crippen LogP contribution in [0.25, 0.3) is 16.9 Å². The first-order chi connectivity index (χ1) is 13.3. The van der Waals surface area contributed by atoms with Gasteiger partial charge in [-0.1, -0.05) is 41.4 Å². The fourth-order valence-corrected chi connectivity index (χ4v) is 4.33. The van der Waals surface area contributed by atoms with Crippen molar-refractivity contribution in [3.63, 3.8) is 0 Å². The van der Waals surface area contributed by atoms with Crippen molar-refractivity contribution in [1.82, 2.24) is 9.38 Å². The molecule has 0 aliphatic carbocycles. The Morgan fingerprint density at radius 3 is 2.50 bits per heavy atom. The number of sulfonamides is 1. The molecule has 0 atom stereocenters. The molecule has 2 heterocycles. The van der Waals surface area contributed by atoms with Crippen LogP contribution in [-0.4, -0.2) is 17.8 Å². The Morgan fingerprint density at radius 1 is 0.964 bits per heavy atom. The molecule has 0 fully saturated rings. The Balaban J connectivity index is 1.68. The first-order valence-corrected chi connectivity index (χ1v) is 10.6. The van der Waals surface area contributed by atoms with Gasteiger partial charge in [-0.3, -0.25) is 4.72 Å². The van der Waals surface area contributed by atoms with Crippen molar-refractivity contribution in [2.75, 3.05) is 4.72 Å². The molecule has 0 amide bonds. The number of nitrogens with one attached hydrogen (secondary N) is 1. The lowest BCUT2D eigenvalue weighted by Crippen LogP contribution is -2.12. The number of nitrogens with zero attached hydrogens (tertiary/aromatic N) is 2. The third kappa shape index (κ3) is 3.58. The maximum Gasteiger partial charge on any atom is 0.261 e. The Morgan fingerprint density at radius 2 is 1.75 bits per heavy atom. The summed E-state index contributed by atoms with van der Waals surface area (Å²) in [7, 11) is -3.80. The third-order valence-corrected chi connectivity index (χ3v) is 6.43. The molecule has 0 bridgehead atoms. The summed E-state index contributed by atoms with van der Waals surface area (Å²) in [4.78, 5) is 4.65. The molecule has 0 saturated carbocycles. The number of rotatable bonds is 4. The maximum absolute atomic E-state index is 12.7. The van der Waals surface area contributed by atoms with E-state index in [1.54, 1.807) is 18.2 Å². The standard InChI is InChI=1S/C20H15Cl2N3O2S/c1-13-4-2-7-20-23-19(12-25(13)20)14-5-3-6-15(10-14)24-28(26,27)16-8-9-17(21)18(22)11-16/h2-12,24H,1H3. The van der Waals surface area contributed by atoms with Gasteiger partial charge in [0.15, 0.2) is 0 Å². The molecule has 2 aromatic carbocycles. The number of halogens is 2. The minimum absolute atomic E-state index is 0.0376. The van der Waals surface area contributed by atoms with Crippen molar-refractivity contribution in [3.8, 4) is 11.3 Å². The van der Waals surface area contributed by atoms with Gasteiger partial charge < -0.3 is 4.40 Å². The van der Waals surface area contributed by atoms with E-state index >= 15 is 0 Å². The topological polar surface area (TPSA) is 63.5 Å². The molecule has 0 spiro atoms. The Kier molecular flexibility index (Phi) is 4.79. The van der Waals surface area contributed by atoms with E-state index in [4.69, 9.17) is 23.2 Å².